The Morgan fingerprint density at radius 1 is 0.440 bits per heavy atom. The first kappa shape index (κ1) is 94.5. The molecule has 2 heterocycles. The first-order chi connectivity index (χ1) is 55.5. The summed E-state index contributed by atoms with van der Waals surface area (Å²) in [5.74, 6) is -16.6. The first-order valence-corrected chi connectivity index (χ1v) is 39.5. The average Bonchev–Trinajstić information content (AvgIpc) is 1.63. The van der Waals surface area contributed by atoms with Gasteiger partial charge in [0.2, 0.25) is 88.1 Å². The molecule has 0 spiro atoms. The maximum absolute atomic E-state index is 15.4. The molecule has 1 aliphatic rings. The fourth-order valence-corrected chi connectivity index (χ4v) is 13.1. The van der Waals surface area contributed by atoms with Crippen molar-refractivity contribution in [3.63, 3.8) is 0 Å². The quantitative estimate of drug-likeness (QED) is 0.0165. The number of para-hydroxylation sites is 1. The highest BCUT2D eigenvalue weighted by Crippen LogP contribution is 2.21. The van der Waals surface area contributed by atoms with Crippen molar-refractivity contribution in [3.05, 3.63) is 144 Å². The molecule has 0 bridgehead atoms. The van der Waals surface area contributed by atoms with Gasteiger partial charge in [-0.15, -0.1) is 0 Å². The third-order valence-electron chi connectivity index (χ3n) is 19.0. The molecule has 15 atom stereocenters. The fraction of sp³-hybridized carbons (Fsp3) is 0.474. The number of unbranched alkanes of at least 4 members (excludes halogenated alkanes) is 2. The van der Waals surface area contributed by atoms with Gasteiger partial charge in [0.25, 0.3) is 0 Å². The maximum Gasteiger partial charge on any atom is 0.245 e. The lowest BCUT2D eigenvalue weighted by Gasteiger charge is -2.29. The van der Waals surface area contributed by atoms with Crippen LogP contribution in [0, 0.1) is 0 Å². The number of rotatable bonds is 23. The van der Waals surface area contributed by atoms with E-state index in [-0.39, 0.29) is 89.1 Å². The normalized spacial score (nSPS) is 24.9. The number of carbonyl (C=O) groups excluding carboxylic acids is 15. The van der Waals surface area contributed by atoms with Gasteiger partial charge in [-0.3, -0.25) is 71.9 Å². The number of amides is 11. The van der Waals surface area contributed by atoms with E-state index >= 15 is 14.4 Å². The number of ketones is 4. The van der Waals surface area contributed by atoms with E-state index in [1.807, 2.05) is 0 Å². The molecule has 630 valence electrons. The number of nitrogens with one attached hydrogen (secondary N) is 15. The maximum atomic E-state index is 15.4. The van der Waals surface area contributed by atoms with Gasteiger partial charge in [-0.1, -0.05) is 109 Å². The Hall–Kier alpha value is -10.4. The molecule has 24 N–H and O–H groups in total. The highest BCUT2D eigenvalue weighted by Gasteiger charge is 2.40. The second-order valence-corrected chi connectivity index (χ2v) is 28.8. The summed E-state index contributed by atoms with van der Waals surface area (Å²) in [6.45, 7) is 1.78. The second kappa shape index (κ2) is 48.9. The molecule has 1 saturated heterocycles. The van der Waals surface area contributed by atoms with E-state index in [9.17, 15) is 72.9 Å². The number of nitrogens with two attached hydrogens (primary N) is 3. The second-order valence-electron chi connectivity index (χ2n) is 28.1. The van der Waals surface area contributed by atoms with Gasteiger partial charge in [0.1, 0.15) is 60.4 Å². The molecule has 116 heavy (non-hydrogen) atoms. The van der Waals surface area contributed by atoms with E-state index < -0.39 is 198 Å². The van der Waals surface area contributed by atoms with Gasteiger partial charge in [-0.25, -0.2) is 10.9 Å². The van der Waals surface area contributed by atoms with Crippen LogP contribution in [0.3, 0.4) is 0 Å². The first-order valence-electron chi connectivity index (χ1n) is 38.2. The summed E-state index contributed by atoms with van der Waals surface area (Å²) in [5, 5.41) is 64.6. The highest BCUT2D eigenvalue weighted by atomic mass is 32.1. The minimum absolute atomic E-state index is 0.0667. The lowest BCUT2D eigenvalue weighted by Crippen LogP contribution is -2.63. The Morgan fingerprint density at radius 2 is 0.802 bits per heavy atom. The third kappa shape index (κ3) is 30.0. The number of aliphatic hydroxyl groups excluding tert-OH is 3. The molecular formula is C78H108N18O18S2. The van der Waals surface area contributed by atoms with Crippen LogP contribution < -0.4 is 91.9 Å². The molecule has 6 rings (SSSR count). The average molecular weight is 1650 g/mol. The molecule has 36 nitrogen and oxygen atoms in total. The van der Waals surface area contributed by atoms with Gasteiger partial charge in [0.15, 0.2) is 0 Å². The molecule has 1 aromatic heterocycles. The zero-order valence-corrected chi connectivity index (χ0v) is 66.5. The number of Topliss-reactive ketones (excluding diaryl/α,β-unsaturated/α-hetero) is 4. The number of hydrazine groups is 1. The number of benzene rings is 4. The number of primary amides is 1. The predicted octanol–water partition coefficient (Wildman–Crippen LogP) is -5.28. The number of thiol groups is 2. The molecule has 11 amide bonds. The van der Waals surface area contributed by atoms with Gasteiger partial charge in [-0.2, -0.15) is 25.3 Å². The summed E-state index contributed by atoms with van der Waals surface area (Å²) in [6, 6.07) is 10.9. The minimum atomic E-state index is -1.97. The molecule has 0 aliphatic carbocycles. The van der Waals surface area contributed by atoms with E-state index in [4.69, 9.17) is 17.2 Å². The van der Waals surface area contributed by atoms with Gasteiger partial charge in [0.05, 0.1) is 49.9 Å². The van der Waals surface area contributed by atoms with Crippen LogP contribution in [0.15, 0.2) is 121 Å². The third-order valence-corrected chi connectivity index (χ3v) is 19.7. The van der Waals surface area contributed by atoms with Crippen LogP contribution in [0.25, 0.3) is 10.9 Å². The number of fused-ring (bicyclic) bond motifs is 1. The Labute approximate surface area is 681 Å². The largest absolute Gasteiger partial charge is 0.394 e. The number of H-pyrrole nitrogens is 1. The van der Waals surface area contributed by atoms with Crippen molar-refractivity contribution in [2.24, 2.45) is 17.2 Å². The van der Waals surface area contributed by atoms with Gasteiger partial charge >= 0.3 is 0 Å². The lowest BCUT2D eigenvalue weighted by atomic mass is 10.00. The van der Waals surface area contributed by atoms with Crippen molar-refractivity contribution in [2.45, 2.75) is 182 Å². The van der Waals surface area contributed by atoms with Crippen molar-refractivity contribution in [1.29, 1.82) is 0 Å². The van der Waals surface area contributed by atoms with E-state index in [0.29, 0.717) is 46.0 Å². The SMILES string of the molecule is C[C@@H]1NNCC(=O)C(=O)[C@H](CS)NCCN[C@@H](CS)C(=O)C(=O)[C@H](CO)NC(=O)[C@H]([C@@H](C)O)NC(=O)[C@H](Cc2ccccc2)NC(=O)[C@H]([C@@H](C)O)NC(=O)[C@H](CCCCN)NC(=O)C(Cc2c[nH]c3ccccc23)NC(=O)[C@H](Cc2ccccc2)NC(=O)C(Cc2ccccc2)NC(=O)[C@H](CC(N)=O)NC(=O)C(CCCCN)NC1=O. The van der Waals surface area contributed by atoms with Crippen LogP contribution in [0.5, 0.6) is 0 Å². The summed E-state index contributed by atoms with van der Waals surface area (Å²) in [6.07, 6.45) is -2.95. The zero-order valence-electron chi connectivity index (χ0n) is 64.7. The van der Waals surface area contributed by atoms with E-state index in [1.54, 1.807) is 121 Å². The minimum Gasteiger partial charge on any atom is -0.394 e. The highest BCUT2D eigenvalue weighted by molar-refractivity contribution is 7.80. The topological polar surface area (TPSA) is 579 Å². The molecular weight excluding hydrogens is 1540 g/mol. The van der Waals surface area contributed by atoms with Crippen molar-refractivity contribution in [3.8, 4) is 0 Å². The van der Waals surface area contributed by atoms with Crippen LogP contribution >= 0.6 is 25.3 Å². The van der Waals surface area contributed by atoms with E-state index in [1.165, 1.54) is 6.92 Å². The van der Waals surface area contributed by atoms with Gasteiger partial charge in [-0.05, 0) is 101 Å². The number of carbonyl (C=O) groups is 15. The van der Waals surface area contributed by atoms with Gasteiger partial charge in [0, 0.05) is 67.4 Å². The van der Waals surface area contributed by atoms with E-state index in [2.05, 4.69) is 105 Å². The molecule has 4 aromatic carbocycles. The van der Waals surface area contributed by atoms with Crippen LogP contribution in [0.4, 0.5) is 0 Å². The molecule has 5 aromatic rings. The number of hydrogen-bond acceptors (Lipinski definition) is 26. The Morgan fingerprint density at radius 3 is 1.24 bits per heavy atom. The number of hydrogen-bond donors (Lipinski definition) is 23. The van der Waals surface area contributed by atoms with Crippen LogP contribution in [-0.2, 0) is 97.6 Å². The summed E-state index contributed by atoms with van der Waals surface area (Å²) in [4.78, 5) is 217. The van der Waals surface area contributed by atoms with E-state index in [0.717, 1.165) is 13.8 Å². The molecule has 0 radical (unpaired) electrons. The molecule has 3 unspecified atom stereocenters. The molecule has 1 fully saturated rings. The summed E-state index contributed by atoms with van der Waals surface area (Å²) in [7, 11) is 0. The number of aliphatic hydroxyl groups is 3. The Kier molecular flexibility index (Phi) is 39.8. The van der Waals surface area contributed by atoms with Gasteiger partial charge < -0.3 is 101 Å². The van der Waals surface area contributed by atoms with Crippen LogP contribution in [0.2, 0.25) is 0 Å². The smallest absolute Gasteiger partial charge is 0.245 e. The zero-order chi connectivity index (χ0) is 85.0. The van der Waals surface area contributed by atoms with Crippen molar-refractivity contribution < 1.29 is 87.2 Å². The number of aromatic amines is 1. The fourth-order valence-electron chi connectivity index (χ4n) is 12.5. The van der Waals surface area contributed by atoms with Crippen molar-refractivity contribution >= 4 is 124 Å². The Bertz CT molecular complexity index is 4150. The van der Waals surface area contributed by atoms with Crippen LogP contribution in [-0.4, -0.2) is 250 Å². The summed E-state index contributed by atoms with van der Waals surface area (Å²) < 4.78 is 0. The van der Waals surface area contributed by atoms with Crippen molar-refractivity contribution in [1.82, 2.24) is 79.6 Å². The van der Waals surface area contributed by atoms with Crippen molar-refractivity contribution in [2.75, 3.05) is 50.8 Å². The monoisotopic (exact) mass is 1650 g/mol. The molecule has 0 saturated carbocycles. The Balaban J connectivity index is 1.41. The lowest BCUT2D eigenvalue weighted by molar-refractivity contribution is -0.141. The molecule has 38 heteroatoms. The van der Waals surface area contributed by atoms with Crippen LogP contribution in [0.1, 0.15) is 88.0 Å². The summed E-state index contributed by atoms with van der Waals surface area (Å²) >= 11 is 8.42. The standard InChI is InChI=1S/C78H108N18O18S2/c1-43-69(105)86-52(27-15-17-29-79)70(106)91-58(37-63(81)101)75(111)89-54(33-46-19-7-4-8-20-46)72(108)88-55(34-47-21-9-5-10-22-47)73(109)90-57(36-49-38-84-51-26-14-13-25-50(49)51)74(110)87-53(28-16-18-30-80)71(107)94-64(44(2)98)77(113)92-56(35-48-23-11-6-12-24-48)76(112)95-65(45(3)99)78(114)93-59(40-97)67(103)68(104)61(42-116)83-32-31-82-60(41-115)66(102)62(100)39-85-96-43/h4-14,19-26,38,43-45,52-61,64-65,82-85,96-99,115-116H,15-18,27-37,39-42,79-80H2,1-3H3,(H2,81,101)(H,86,105)(H,87,110)(H,88,108)(H,89,111)(H,90,109)(H,91,106)(H,92,113)(H,93,114)(H,94,107)(H,95,112)/t43-,44+,45+,52?,53-,54?,55-,56-,57?,58-,59-,60-,61-,64-,65-/m0/s1. The molecule has 1 aliphatic heterocycles. The summed E-state index contributed by atoms with van der Waals surface area (Å²) in [5.41, 5.74) is 25.1. The predicted molar refractivity (Wildman–Crippen MR) is 434 cm³/mol. The number of aromatic nitrogens is 1.